The molecule has 1 atom stereocenters. The molecule has 4 heteroatoms. The fraction of sp³-hybridized carbons (Fsp3) is 1.00. The second-order valence-corrected chi connectivity index (χ2v) is 10.0. The van der Waals surface area contributed by atoms with Crippen LogP contribution in [0.2, 0.25) is 0 Å². The minimum absolute atomic E-state index is 0.585. The van der Waals surface area contributed by atoms with Gasteiger partial charge >= 0.3 is 0 Å². The molecule has 2 saturated heterocycles. The molecular weight excluding hydrogens is 334 g/mol. The minimum atomic E-state index is 0.585. The third-order valence-electron chi connectivity index (χ3n) is 7.82. The Labute approximate surface area is 168 Å². The molecule has 4 nitrogen and oxygen atoms in total. The minimum Gasteiger partial charge on any atom is -0.383 e. The van der Waals surface area contributed by atoms with Gasteiger partial charge in [0.1, 0.15) is 0 Å². The van der Waals surface area contributed by atoms with Crippen molar-refractivity contribution < 1.29 is 4.74 Å². The highest BCUT2D eigenvalue weighted by molar-refractivity contribution is 4.92. The number of hydrogen-bond acceptors (Lipinski definition) is 4. The average Bonchev–Trinajstić information content (AvgIpc) is 2.68. The molecule has 158 valence electrons. The van der Waals surface area contributed by atoms with Gasteiger partial charge in [0, 0.05) is 50.9 Å². The van der Waals surface area contributed by atoms with Crippen molar-refractivity contribution in [1.29, 1.82) is 0 Å². The summed E-state index contributed by atoms with van der Waals surface area (Å²) in [6, 6.07) is 2.86. The summed E-state index contributed by atoms with van der Waals surface area (Å²) in [5, 5.41) is 0. The maximum Gasteiger partial charge on any atom is 0.0630 e. The molecule has 0 bridgehead atoms. The first kappa shape index (κ1) is 21.5. The molecule has 0 unspecified atom stereocenters. The van der Waals surface area contributed by atoms with Crippen molar-refractivity contribution in [3.63, 3.8) is 0 Å². The summed E-state index contributed by atoms with van der Waals surface area (Å²) < 4.78 is 5.67. The predicted molar refractivity (Wildman–Crippen MR) is 114 cm³/mol. The van der Waals surface area contributed by atoms with E-state index in [0.29, 0.717) is 12.1 Å². The number of likely N-dealkylation sites (tertiary alicyclic amines) is 1. The second kappa shape index (κ2) is 10.0. The topological polar surface area (TPSA) is 19.0 Å². The predicted octanol–water partition coefficient (Wildman–Crippen LogP) is 3.71. The Balaban J connectivity index is 1.53. The van der Waals surface area contributed by atoms with E-state index in [-0.39, 0.29) is 0 Å². The number of methoxy groups -OCH3 is 1. The zero-order chi connectivity index (χ0) is 19.4. The van der Waals surface area contributed by atoms with Crippen LogP contribution in [0.4, 0.5) is 0 Å². The van der Waals surface area contributed by atoms with Crippen LogP contribution in [0.1, 0.15) is 66.2 Å². The van der Waals surface area contributed by atoms with Gasteiger partial charge in [0.2, 0.25) is 0 Å². The summed E-state index contributed by atoms with van der Waals surface area (Å²) in [5.74, 6) is 1.82. The van der Waals surface area contributed by atoms with E-state index in [4.69, 9.17) is 4.74 Å². The second-order valence-electron chi connectivity index (χ2n) is 10.0. The standard InChI is InChI=1S/C23H45N3O/c1-18(2)20-6-8-21(9-7-20)25-14-15-26(23(16-25)17-27-5)22-10-12-24(13-11-22)19(3)4/h18-23H,6-17H2,1-5H3/t20?,21?,23-/m1/s1. The Morgan fingerprint density at radius 2 is 1.48 bits per heavy atom. The third-order valence-corrected chi connectivity index (χ3v) is 7.82. The molecule has 0 aromatic rings. The van der Waals surface area contributed by atoms with Crippen LogP contribution in [0.5, 0.6) is 0 Å². The third kappa shape index (κ3) is 5.46. The quantitative estimate of drug-likeness (QED) is 0.700. The number of ether oxygens (including phenoxy) is 1. The molecule has 3 rings (SSSR count). The van der Waals surface area contributed by atoms with Crippen molar-refractivity contribution in [3.8, 4) is 0 Å². The van der Waals surface area contributed by atoms with Gasteiger partial charge in [-0.1, -0.05) is 13.8 Å². The van der Waals surface area contributed by atoms with Crippen LogP contribution in [-0.4, -0.2) is 85.3 Å². The van der Waals surface area contributed by atoms with E-state index in [1.54, 1.807) is 0 Å². The molecule has 2 heterocycles. The largest absolute Gasteiger partial charge is 0.383 e. The van der Waals surface area contributed by atoms with Gasteiger partial charge in [-0.2, -0.15) is 0 Å². The van der Waals surface area contributed by atoms with Crippen molar-refractivity contribution in [2.75, 3.05) is 46.4 Å². The lowest BCUT2D eigenvalue weighted by Gasteiger charge is -2.50. The zero-order valence-electron chi connectivity index (χ0n) is 18.7. The molecule has 0 spiro atoms. The van der Waals surface area contributed by atoms with Crippen LogP contribution in [-0.2, 0) is 4.74 Å². The van der Waals surface area contributed by atoms with Gasteiger partial charge in [0.25, 0.3) is 0 Å². The van der Waals surface area contributed by atoms with Gasteiger partial charge in [-0.3, -0.25) is 9.80 Å². The fourth-order valence-electron chi connectivity index (χ4n) is 5.91. The Hall–Kier alpha value is -0.160. The summed E-state index contributed by atoms with van der Waals surface area (Å²) >= 11 is 0. The monoisotopic (exact) mass is 379 g/mol. The zero-order valence-corrected chi connectivity index (χ0v) is 18.7. The van der Waals surface area contributed by atoms with Crippen LogP contribution >= 0.6 is 0 Å². The number of rotatable bonds is 6. The molecule has 3 aliphatic rings. The normalized spacial score (nSPS) is 33.2. The maximum atomic E-state index is 5.67. The number of piperidine rings is 1. The molecule has 27 heavy (non-hydrogen) atoms. The van der Waals surface area contributed by atoms with E-state index in [9.17, 15) is 0 Å². The van der Waals surface area contributed by atoms with Crippen LogP contribution < -0.4 is 0 Å². The molecule has 0 aromatic carbocycles. The molecule has 3 fully saturated rings. The fourth-order valence-corrected chi connectivity index (χ4v) is 5.91. The van der Waals surface area contributed by atoms with Crippen LogP contribution in [0.3, 0.4) is 0 Å². The van der Waals surface area contributed by atoms with Crippen molar-refractivity contribution in [1.82, 2.24) is 14.7 Å². The van der Waals surface area contributed by atoms with Gasteiger partial charge in [-0.15, -0.1) is 0 Å². The first-order chi connectivity index (χ1) is 13.0. The number of hydrogen-bond donors (Lipinski definition) is 0. The van der Waals surface area contributed by atoms with Gasteiger partial charge < -0.3 is 9.64 Å². The lowest BCUT2D eigenvalue weighted by molar-refractivity contribution is -0.0361. The van der Waals surface area contributed by atoms with Crippen molar-refractivity contribution in [2.24, 2.45) is 11.8 Å². The van der Waals surface area contributed by atoms with Gasteiger partial charge in [0.05, 0.1) is 6.61 Å². The summed E-state index contributed by atoms with van der Waals surface area (Å²) in [5.41, 5.74) is 0. The van der Waals surface area contributed by atoms with E-state index in [1.807, 2.05) is 7.11 Å². The summed E-state index contributed by atoms with van der Waals surface area (Å²) in [7, 11) is 1.88. The summed E-state index contributed by atoms with van der Waals surface area (Å²) in [6.45, 7) is 16.6. The summed E-state index contributed by atoms with van der Waals surface area (Å²) in [4.78, 5) is 8.28. The molecular formula is C23H45N3O. The van der Waals surface area contributed by atoms with Crippen molar-refractivity contribution in [2.45, 2.75) is 90.4 Å². The number of piperazine rings is 1. The molecule has 2 aliphatic heterocycles. The molecule has 0 amide bonds. The first-order valence-electron chi connectivity index (χ1n) is 11.7. The van der Waals surface area contributed by atoms with E-state index < -0.39 is 0 Å². The van der Waals surface area contributed by atoms with E-state index >= 15 is 0 Å². The Morgan fingerprint density at radius 1 is 0.815 bits per heavy atom. The Kier molecular flexibility index (Phi) is 8.02. The van der Waals surface area contributed by atoms with Crippen molar-refractivity contribution in [3.05, 3.63) is 0 Å². The lowest BCUT2D eigenvalue weighted by Crippen LogP contribution is -2.61. The van der Waals surface area contributed by atoms with Gasteiger partial charge in [-0.05, 0) is 77.3 Å². The van der Waals surface area contributed by atoms with Gasteiger partial charge in [0.15, 0.2) is 0 Å². The SMILES string of the molecule is COC[C@H]1CN(C2CCC(C(C)C)CC2)CCN1C1CCN(C(C)C)CC1. The molecule has 0 aromatic heterocycles. The van der Waals surface area contributed by atoms with Crippen LogP contribution in [0.15, 0.2) is 0 Å². The van der Waals surface area contributed by atoms with E-state index in [1.165, 1.54) is 71.2 Å². The lowest BCUT2D eigenvalue weighted by atomic mass is 9.79. The summed E-state index contributed by atoms with van der Waals surface area (Å²) in [6.07, 6.45) is 8.36. The highest BCUT2D eigenvalue weighted by atomic mass is 16.5. The first-order valence-corrected chi connectivity index (χ1v) is 11.7. The van der Waals surface area contributed by atoms with Gasteiger partial charge in [-0.25, -0.2) is 0 Å². The smallest absolute Gasteiger partial charge is 0.0630 e. The van der Waals surface area contributed by atoms with Crippen LogP contribution in [0, 0.1) is 11.8 Å². The Bertz CT molecular complexity index is 425. The molecule has 1 aliphatic carbocycles. The van der Waals surface area contributed by atoms with Crippen LogP contribution in [0.25, 0.3) is 0 Å². The molecule has 0 N–H and O–H groups in total. The highest BCUT2D eigenvalue weighted by Gasteiger charge is 2.37. The van der Waals surface area contributed by atoms with E-state index in [0.717, 1.165) is 30.5 Å². The Morgan fingerprint density at radius 3 is 2.04 bits per heavy atom. The molecule has 1 saturated carbocycles. The maximum absolute atomic E-state index is 5.67. The van der Waals surface area contributed by atoms with Crippen molar-refractivity contribution >= 4 is 0 Å². The number of nitrogens with zero attached hydrogens (tertiary/aromatic N) is 3. The average molecular weight is 380 g/mol. The van der Waals surface area contributed by atoms with E-state index in [2.05, 4.69) is 42.4 Å². The molecule has 0 radical (unpaired) electrons. The highest BCUT2D eigenvalue weighted by Crippen LogP contribution is 2.33.